The molecule has 0 fully saturated rings. The molecule has 0 aliphatic heterocycles. The minimum Gasteiger partial charge on any atom is -0.478 e. The molecule has 0 amide bonds. The third-order valence-electron chi connectivity index (χ3n) is 1.58. The van der Waals surface area contributed by atoms with Crippen molar-refractivity contribution in [1.82, 2.24) is 0 Å². The van der Waals surface area contributed by atoms with E-state index in [4.69, 9.17) is 10.2 Å². The van der Waals surface area contributed by atoms with E-state index >= 15 is 0 Å². The molecule has 0 saturated carbocycles. The van der Waals surface area contributed by atoms with Crippen LogP contribution in [0.2, 0.25) is 0 Å². The lowest BCUT2D eigenvalue weighted by molar-refractivity contribution is 0.0651. The fourth-order valence-corrected chi connectivity index (χ4v) is 1.06. The summed E-state index contributed by atoms with van der Waals surface area (Å²) in [5.74, 6) is -2.46. The van der Waals surface area contributed by atoms with E-state index in [1.807, 2.05) is 0 Å². The molecule has 114 valence electrons. The van der Waals surface area contributed by atoms with Gasteiger partial charge in [-0.2, -0.15) is 0 Å². The standard InChI is InChI=1S/C8H6O4.C4H6S.2C2H4/c9-7(10)5-3-1-2-4-6(5)8(11)12;1-3-5-4-2;2*1-2/h1-4H,(H,9,10)(H,11,12);3-4H,1-2H2;2*1-2H2. The lowest BCUT2D eigenvalue weighted by Crippen LogP contribution is -2.06. The van der Waals surface area contributed by atoms with E-state index in [0.717, 1.165) is 0 Å². The Balaban J connectivity index is -0.000000304. The normalized spacial score (nSPS) is 7.24. The van der Waals surface area contributed by atoms with Gasteiger partial charge in [0, 0.05) is 0 Å². The number of hydrogen-bond donors (Lipinski definition) is 2. The van der Waals surface area contributed by atoms with Crippen LogP contribution in [0.4, 0.5) is 0 Å². The van der Waals surface area contributed by atoms with E-state index < -0.39 is 11.9 Å². The topological polar surface area (TPSA) is 74.6 Å². The molecule has 0 aromatic heterocycles. The highest BCUT2D eigenvalue weighted by molar-refractivity contribution is 8.04. The van der Waals surface area contributed by atoms with Crippen molar-refractivity contribution in [1.29, 1.82) is 0 Å². The van der Waals surface area contributed by atoms with Crippen LogP contribution >= 0.6 is 11.8 Å². The largest absolute Gasteiger partial charge is 0.478 e. The highest BCUT2D eigenvalue weighted by Crippen LogP contribution is 2.07. The van der Waals surface area contributed by atoms with E-state index in [9.17, 15) is 9.59 Å². The third kappa shape index (κ3) is 12.3. The second-order valence-electron chi connectivity index (χ2n) is 2.63. The van der Waals surface area contributed by atoms with Crippen molar-refractivity contribution in [3.8, 4) is 0 Å². The van der Waals surface area contributed by atoms with Crippen LogP contribution in [0.15, 0.2) is 74.6 Å². The van der Waals surface area contributed by atoms with Crippen LogP contribution in [-0.4, -0.2) is 22.2 Å². The van der Waals surface area contributed by atoms with E-state index in [2.05, 4.69) is 39.5 Å². The summed E-state index contributed by atoms with van der Waals surface area (Å²) in [5, 5.41) is 20.6. The summed E-state index contributed by atoms with van der Waals surface area (Å²) in [6.45, 7) is 18.9. The Kier molecular flexibility index (Phi) is 19.6. The van der Waals surface area contributed by atoms with Crippen molar-refractivity contribution in [2.45, 2.75) is 0 Å². The van der Waals surface area contributed by atoms with Gasteiger partial charge < -0.3 is 10.2 Å². The Labute approximate surface area is 129 Å². The number of hydrogen-bond acceptors (Lipinski definition) is 3. The molecule has 0 radical (unpaired) electrons. The zero-order chi connectivity index (χ0) is 17.3. The number of carboxylic acids is 2. The van der Waals surface area contributed by atoms with Crippen LogP contribution < -0.4 is 0 Å². The highest BCUT2D eigenvalue weighted by atomic mass is 32.2. The number of benzene rings is 1. The molecule has 21 heavy (non-hydrogen) atoms. The van der Waals surface area contributed by atoms with E-state index in [-0.39, 0.29) is 11.1 Å². The summed E-state index contributed by atoms with van der Waals surface area (Å²) in [6.07, 6.45) is 0. The molecule has 1 aromatic carbocycles. The Morgan fingerprint density at radius 1 is 0.857 bits per heavy atom. The quantitative estimate of drug-likeness (QED) is 0.789. The predicted octanol–water partition coefficient (Wildman–Crippen LogP) is 4.69. The molecule has 1 rings (SSSR count). The molecule has 0 aliphatic rings. The summed E-state index contributed by atoms with van der Waals surface area (Å²) >= 11 is 1.49. The monoisotopic (exact) mass is 308 g/mol. The van der Waals surface area contributed by atoms with Crippen molar-refractivity contribution in [2.75, 3.05) is 0 Å². The van der Waals surface area contributed by atoms with Crippen LogP contribution in [0.3, 0.4) is 0 Å². The number of carbonyl (C=O) groups is 2. The van der Waals surface area contributed by atoms with Gasteiger partial charge in [-0.3, -0.25) is 0 Å². The molecule has 0 atom stereocenters. The van der Waals surface area contributed by atoms with Crippen LogP contribution in [0, 0.1) is 0 Å². The third-order valence-corrected chi connectivity index (χ3v) is 1.97. The maximum Gasteiger partial charge on any atom is 0.336 e. The lowest BCUT2D eigenvalue weighted by Gasteiger charge is -1.98. The SMILES string of the molecule is C=C.C=C.C=CSC=C.O=C(O)c1ccccc1C(=O)O. The molecule has 1 aromatic rings. The molecule has 0 heterocycles. The van der Waals surface area contributed by atoms with E-state index in [1.54, 1.807) is 10.8 Å². The average molecular weight is 308 g/mol. The van der Waals surface area contributed by atoms with Crippen LogP contribution in [0.5, 0.6) is 0 Å². The minimum absolute atomic E-state index is 0.190. The van der Waals surface area contributed by atoms with Gasteiger partial charge in [0.1, 0.15) is 0 Å². The molecular formula is C16H20O4S. The zero-order valence-corrected chi connectivity index (χ0v) is 12.6. The van der Waals surface area contributed by atoms with Gasteiger partial charge in [-0.15, -0.1) is 38.1 Å². The van der Waals surface area contributed by atoms with Crippen LogP contribution in [0.1, 0.15) is 20.7 Å². The fourth-order valence-electron chi connectivity index (χ4n) is 0.924. The van der Waals surface area contributed by atoms with Crippen LogP contribution in [-0.2, 0) is 0 Å². The summed E-state index contributed by atoms with van der Waals surface area (Å²) in [4.78, 5) is 20.9. The van der Waals surface area contributed by atoms with Crippen molar-refractivity contribution < 1.29 is 19.8 Å². The first-order valence-corrected chi connectivity index (χ1v) is 6.41. The van der Waals surface area contributed by atoms with Crippen molar-refractivity contribution in [3.05, 3.63) is 85.7 Å². The summed E-state index contributed by atoms with van der Waals surface area (Å²) in [6, 6.07) is 5.48. The van der Waals surface area contributed by atoms with Gasteiger partial charge in [-0.1, -0.05) is 25.3 Å². The number of carboxylic acid groups (broad SMARTS) is 2. The molecule has 4 nitrogen and oxygen atoms in total. The molecule has 0 aliphatic carbocycles. The number of aromatic carboxylic acids is 2. The maximum atomic E-state index is 10.5. The summed E-state index contributed by atoms with van der Waals surface area (Å²) < 4.78 is 0. The van der Waals surface area contributed by atoms with Gasteiger partial charge in [0.05, 0.1) is 11.1 Å². The second-order valence-corrected chi connectivity index (χ2v) is 3.56. The van der Waals surface area contributed by atoms with E-state index in [0.29, 0.717) is 0 Å². The van der Waals surface area contributed by atoms with Gasteiger partial charge in [0.15, 0.2) is 0 Å². The molecule has 0 unspecified atom stereocenters. The second kappa shape index (κ2) is 17.5. The van der Waals surface area contributed by atoms with Gasteiger partial charge in [0.25, 0.3) is 0 Å². The molecule has 0 bridgehead atoms. The van der Waals surface area contributed by atoms with Gasteiger partial charge in [-0.05, 0) is 22.9 Å². The average Bonchev–Trinajstić information content (AvgIpc) is 2.52. The highest BCUT2D eigenvalue weighted by Gasteiger charge is 2.13. The summed E-state index contributed by atoms with van der Waals surface area (Å²) in [7, 11) is 0. The molecule has 0 saturated heterocycles. The van der Waals surface area contributed by atoms with E-state index in [1.165, 1.54) is 36.0 Å². The molecule has 0 spiro atoms. The van der Waals surface area contributed by atoms with Crippen molar-refractivity contribution in [3.63, 3.8) is 0 Å². The zero-order valence-electron chi connectivity index (χ0n) is 11.8. The Morgan fingerprint density at radius 2 is 1.14 bits per heavy atom. The number of thioether (sulfide) groups is 1. The molecular weight excluding hydrogens is 288 g/mol. The first-order valence-electron chi connectivity index (χ1n) is 5.47. The predicted molar refractivity (Wildman–Crippen MR) is 90.9 cm³/mol. The first kappa shape index (κ1) is 23.6. The Bertz CT molecular complexity index is 414. The van der Waals surface area contributed by atoms with Crippen LogP contribution in [0.25, 0.3) is 0 Å². The fraction of sp³-hybridized carbons (Fsp3) is 0. The van der Waals surface area contributed by atoms with Crippen molar-refractivity contribution >= 4 is 23.7 Å². The molecule has 5 heteroatoms. The number of rotatable bonds is 4. The van der Waals surface area contributed by atoms with Crippen molar-refractivity contribution in [2.24, 2.45) is 0 Å². The maximum absolute atomic E-state index is 10.5. The molecule has 2 N–H and O–H groups in total. The van der Waals surface area contributed by atoms with Gasteiger partial charge in [0.2, 0.25) is 0 Å². The van der Waals surface area contributed by atoms with Gasteiger partial charge >= 0.3 is 11.9 Å². The minimum atomic E-state index is -1.23. The van der Waals surface area contributed by atoms with Gasteiger partial charge in [-0.25, -0.2) is 9.59 Å². The Hall–Kier alpha value is -2.53. The smallest absolute Gasteiger partial charge is 0.336 e. The summed E-state index contributed by atoms with van der Waals surface area (Å²) in [5.41, 5.74) is -0.380. The first-order chi connectivity index (χ1) is 10.0. The lowest BCUT2D eigenvalue weighted by atomic mass is 10.1. The Morgan fingerprint density at radius 3 is 1.29 bits per heavy atom.